The maximum atomic E-state index is 14.4. The van der Waals surface area contributed by atoms with Gasteiger partial charge in [-0.25, -0.2) is 8.42 Å². The smallest absolute Gasteiger partial charge is 0.265 e. The predicted octanol–water partition coefficient (Wildman–Crippen LogP) is 4.29. The summed E-state index contributed by atoms with van der Waals surface area (Å²) in [4.78, 5) is 28.8. The second-order valence-electron chi connectivity index (χ2n) is 10.4. The molecule has 45 heavy (non-hydrogen) atoms. The van der Waals surface area contributed by atoms with Crippen LogP contribution in [0.3, 0.4) is 0 Å². The Morgan fingerprint density at radius 1 is 0.822 bits per heavy atom. The van der Waals surface area contributed by atoms with Crippen LogP contribution >= 0.6 is 0 Å². The molecule has 0 aliphatic carbocycles. The van der Waals surface area contributed by atoms with Gasteiger partial charge in [-0.05, 0) is 56.5 Å². The summed E-state index contributed by atoms with van der Waals surface area (Å²) in [5, 5.41) is 2.93. The molecule has 0 bridgehead atoms. The molecule has 0 aromatic heterocycles. The zero-order valence-electron chi connectivity index (χ0n) is 26.9. The first kappa shape index (κ1) is 35.0. The minimum Gasteiger partial charge on any atom is -0.497 e. The highest BCUT2D eigenvalue weighted by Crippen LogP contribution is 2.37. The molecule has 0 spiro atoms. The lowest BCUT2D eigenvalue weighted by molar-refractivity contribution is -0.139. The van der Waals surface area contributed by atoms with E-state index in [9.17, 15) is 18.0 Å². The van der Waals surface area contributed by atoms with Crippen LogP contribution in [0, 0.1) is 0 Å². The van der Waals surface area contributed by atoms with Crippen LogP contribution in [0.4, 0.5) is 5.69 Å². The number of rotatable bonds is 16. The summed E-state index contributed by atoms with van der Waals surface area (Å²) in [6, 6.07) is 17.4. The van der Waals surface area contributed by atoms with E-state index in [1.165, 1.54) is 57.6 Å². The van der Waals surface area contributed by atoms with Crippen LogP contribution in [0.25, 0.3) is 0 Å². The zero-order valence-corrected chi connectivity index (χ0v) is 27.7. The van der Waals surface area contributed by atoms with Crippen LogP contribution in [0.2, 0.25) is 0 Å². The van der Waals surface area contributed by atoms with Crippen molar-refractivity contribution in [3.05, 3.63) is 72.3 Å². The molecule has 2 atom stereocenters. The van der Waals surface area contributed by atoms with Crippen molar-refractivity contribution in [3.63, 3.8) is 0 Å². The molecular weight excluding hydrogens is 598 g/mol. The summed E-state index contributed by atoms with van der Waals surface area (Å²) >= 11 is 0. The van der Waals surface area contributed by atoms with Gasteiger partial charge in [-0.2, -0.15) is 0 Å². The van der Waals surface area contributed by atoms with Crippen molar-refractivity contribution in [2.75, 3.05) is 45.8 Å². The lowest BCUT2D eigenvalue weighted by Crippen LogP contribution is -2.53. The van der Waals surface area contributed by atoms with Gasteiger partial charge in [0.25, 0.3) is 10.0 Å². The minimum absolute atomic E-state index is 0.0831. The number of sulfonamides is 1. The van der Waals surface area contributed by atoms with Crippen molar-refractivity contribution in [3.8, 4) is 23.0 Å². The summed E-state index contributed by atoms with van der Waals surface area (Å²) in [7, 11) is 1.28. The first-order chi connectivity index (χ1) is 21.5. The fourth-order valence-corrected chi connectivity index (χ4v) is 6.08. The number of amides is 2. The van der Waals surface area contributed by atoms with Gasteiger partial charge in [0.15, 0.2) is 11.5 Å². The molecule has 0 fully saturated rings. The van der Waals surface area contributed by atoms with E-state index in [1.54, 1.807) is 19.1 Å². The normalized spacial score (nSPS) is 12.4. The summed E-state index contributed by atoms with van der Waals surface area (Å²) in [5.41, 5.74) is 1.05. The maximum absolute atomic E-state index is 14.4. The van der Waals surface area contributed by atoms with Gasteiger partial charge in [-0.15, -0.1) is 0 Å². The van der Waals surface area contributed by atoms with Gasteiger partial charge < -0.3 is 29.2 Å². The molecule has 0 saturated carbocycles. The average Bonchev–Trinajstić information content (AvgIpc) is 3.06. The van der Waals surface area contributed by atoms with Gasteiger partial charge in [0.2, 0.25) is 11.8 Å². The Bertz CT molecular complexity index is 1550. The number of hydrogen-bond donors (Lipinski definition) is 1. The third-order valence-electron chi connectivity index (χ3n) is 7.53. The Morgan fingerprint density at radius 3 is 2.07 bits per heavy atom. The van der Waals surface area contributed by atoms with E-state index in [1.807, 2.05) is 44.2 Å². The van der Waals surface area contributed by atoms with E-state index in [0.717, 1.165) is 9.87 Å². The molecule has 0 unspecified atom stereocenters. The molecule has 3 aromatic rings. The number of benzene rings is 3. The van der Waals surface area contributed by atoms with Crippen molar-refractivity contribution in [2.24, 2.45) is 0 Å². The van der Waals surface area contributed by atoms with Crippen molar-refractivity contribution in [1.29, 1.82) is 0 Å². The first-order valence-corrected chi connectivity index (χ1v) is 16.0. The summed E-state index contributed by atoms with van der Waals surface area (Å²) < 4.78 is 51.3. The number of methoxy groups -OCH3 is 4. The second-order valence-corrected chi connectivity index (χ2v) is 12.2. The van der Waals surface area contributed by atoms with E-state index < -0.39 is 28.5 Å². The highest BCUT2D eigenvalue weighted by Gasteiger charge is 2.34. The Hall–Kier alpha value is -4.45. The average molecular weight is 642 g/mol. The SMILES string of the molecule is CC[C@@H](C)NC(=O)[C@@H](C)N(CCc1ccccc1)C(=O)CN(c1cc(OC)ccc1OC)S(=O)(=O)c1ccc(OC)c(OC)c1. The summed E-state index contributed by atoms with van der Waals surface area (Å²) in [6.45, 7) is 5.02. The van der Waals surface area contributed by atoms with Gasteiger partial charge in [-0.3, -0.25) is 13.9 Å². The van der Waals surface area contributed by atoms with Crippen LogP contribution in [-0.2, 0) is 26.0 Å². The highest BCUT2D eigenvalue weighted by molar-refractivity contribution is 7.92. The summed E-state index contributed by atoms with van der Waals surface area (Å²) in [6.07, 6.45) is 1.17. The lowest BCUT2D eigenvalue weighted by atomic mass is 10.1. The molecule has 0 aliphatic heterocycles. The molecule has 1 N–H and O–H groups in total. The molecule has 0 heterocycles. The van der Waals surface area contributed by atoms with Crippen molar-refractivity contribution < 1.29 is 37.0 Å². The second kappa shape index (κ2) is 16.0. The summed E-state index contributed by atoms with van der Waals surface area (Å²) in [5.74, 6) is 0.179. The topological polar surface area (TPSA) is 124 Å². The van der Waals surface area contributed by atoms with E-state index in [-0.39, 0.29) is 40.6 Å². The fraction of sp³-hybridized carbons (Fsp3) is 0.394. The van der Waals surface area contributed by atoms with Crippen LogP contribution < -0.4 is 28.6 Å². The molecule has 2 amide bonds. The van der Waals surface area contributed by atoms with Crippen molar-refractivity contribution in [1.82, 2.24) is 10.2 Å². The van der Waals surface area contributed by atoms with Gasteiger partial charge in [0.1, 0.15) is 24.1 Å². The largest absolute Gasteiger partial charge is 0.497 e. The van der Waals surface area contributed by atoms with Gasteiger partial charge >= 0.3 is 0 Å². The Morgan fingerprint density at radius 2 is 1.47 bits per heavy atom. The molecule has 244 valence electrons. The quantitative estimate of drug-likeness (QED) is 0.246. The third kappa shape index (κ3) is 8.59. The van der Waals surface area contributed by atoms with Gasteiger partial charge in [0, 0.05) is 24.7 Å². The molecule has 12 heteroatoms. The number of anilines is 1. The van der Waals surface area contributed by atoms with Crippen LogP contribution in [0.15, 0.2) is 71.6 Å². The molecule has 0 aliphatic rings. The number of hydrogen-bond acceptors (Lipinski definition) is 8. The van der Waals surface area contributed by atoms with Gasteiger partial charge in [0.05, 0.1) is 39.0 Å². The van der Waals surface area contributed by atoms with Crippen LogP contribution in [0.5, 0.6) is 23.0 Å². The Labute approximate surface area is 266 Å². The highest BCUT2D eigenvalue weighted by atomic mass is 32.2. The van der Waals surface area contributed by atoms with Crippen LogP contribution in [-0.4, -0.2) is 78.7 Å². The molecular formula is C33H43N3O8S. The maximum Gasteiger partial charge on any atom is 0.265 e. The van der Waals surface area contributed by atoms with E-state index in [4.69, 9.17) is 18.9 Å². The van der Waals surface area contributed by atoms with Crippen LogP contribution in [0.1, 0.15) is 32.8 Å². The standard InChI is InChI=1S/C33H43N3O8S/c1-8-23(2)34-33(38)24(3)35(19-18-25-12-10-9-11-13-25)32(37)22-36(28-20-26(41-4)14-16-29(28)42-5)45(39,40)27-15-17-30(43-6)31(21-27)44-7/h9-17,20-21,23-24H,8,18-19,22H2,1-7H3,(H,34,38)/t23-,24-/m1/s1. The van der Waals surface area contributed by atoms with Gasteiger partial charge in [-0.1, -0.05) is 37.3 Å². The molecule has 11 nitrogen and oxygen atoms in total. The lowest BCUT2D eigenvalue weighted by Gasteiger charge is -2.33. The third-order valence-corrected chi connectivity index (χ3v) is 9.28. The first-order valence-electron chi connectivity index (χ1n) is 14.6. The molecule has 3 aromatic carbocycles. The number of carbonyl (C=O) groups is 2. The number of ether oxygens (including phenoxy) is 4. The predicted molar refractivity (Wildman–Crippen MR) is 173 cm³/mol. The zero-order chi connectivity index (χ0) is 33.1. The van der Waals surface area contributed by atoms with E-state index in [0.29, 0.717) is 24.3 Å². The number of nitrogens with one attached hydrogen (secondary N) is 1. The van der Waals surface area contributed by atoms with E-state index >= 15 is 0 Å². The Balaban J connectivity index is 2.12. The number of nitrogens with zero attached hydrogens (tertiary/aromatic N) is 2. The Kier molecular flexibility index (Phi) is 12.5. The van der Waals surface area contributed by atoms with Crippen molar-refractivity contribution in [2.45, 2.75) is 50.6 Å². The fourth-order valence-electron chi connectivity index (χ4n) is 4.64. The monoisotopic (exact) mass is 641 g/mol. The minimum atomic E-state index is -4.42. The molecule has 3 rings (SSSR count). The number of carbonyl (C=O) groups excluding carboxylic acids is 2. The molecule has 0 saturated heterocycles. The molecule has 0 radical (unpaired) electrons. The van der Waals surface area contributed by atoms with E-state index in [2.05, 4.69) is 5.32 Å². The van der Waals surface area contributed by atoms with Crippen molar-refractivity contribution >= 4 is 27.5 Å².